The summed E-state index contributed by atoms with van der Waals surface area (Å²) >= 11 is 0. The Kier molecular flexibility index (Phi) is 6.73. The SMILES string of the molecule is O=C(CN1CCN(C(=O)C2CCCO2)CC1)Nc1cc(C2CCCC2)nn1-c1ccccc1. The molecule has 2 aliphatic heterocycles. The molecule has 2 saturated heterocycles. The lowest BCUT2D eigenvalue weighted by Crippen LogP contribution is -2.52. The number of carbonyl (C=O) groups is 2. The zero-order chi connectivity index (χ0) is 22.6. The second kappa shape index (κ2) is 10.1. The molecule has 1 aromatic heterocycles. The molecule has 1 aromatic carbocycles. The lowest BCUT2D eigenvalue weighted by molar-refractivity contribution is -0.142. The van der Waals surface area contributed by atoms with Gasteiger partial charge in [-0.2, -0.15) is 5.10 Å². The molecular weight excluding hydrogens is 418 g/mol. The molecule has 8 heteroatoms. The number of hydrogen-bond donors (Lipinski definition) is 1. The summed E-state index contributed by atoms with van der Waals surface area (Å²) in [5, 5.41) is 7.96. The average molecular weight is 452 g/mol. The van der Waals surface area contributed by atoms with Gasteiger partial charge in [-0.05, 0) is 37.8 Å². The molecule has 5 rings (SSSR count). The molecule has 2 amide bonds. The third kappa shape index (κ3) is 5.12. The fourth-order valence-corrected chi connectivity index (χ4v) is 5.16. The van der Waals surface area contributed by atoms with Crippen molar-refractivity contribution in [1.29, 1.82) is 0 Å². The maximum absolute atomic E-state index is 12.9. The first-order valence-corrected chi connectivity index (χ1v) is 12.3. The van der Waals surface area contributed by atoms with E-state index in [1.165, 1.54) is 12.8 Å². The van der Waals surface area contributed by atoms with Gasteiger partial charge < -0.3 is 15.0 Å². The number of piperazine rings is 1. The Labute approximate surface area is 194 Å². The fraction of sp³-hybridized carbons (Fsp3) is 0.560. The molecule has 3 aliphatic rings. The molecule has 3 fully saturated rings. The average Bonchev–Trinajstić information content (AvgIpc) is 3.61. The smallest absolute Gasteiger partial charge is 0.251 e. The van der Waals surface area contributed by atoms with Crippen molar-refractivity contribution < 1.29 is 14.3 Å². The molecular formula is C25H33N5O3. The van der Waals surface area contributed by atoms with Crippen LogP contribution in [0.15, 0.2) is 36.4 Å². The number of hydrogen-bond acceptors (Lipinski definition) is 5. The second-order valence-electron chi connectivity index (χ2n) is 9.33. The maximum Gasteiger partial charge on any atom is 0.251 e. The highest BCUT2D eigenvalue weighted by atomic mass is 16.5. The van der Waals surface area contributed by atoms with Gasteiger partial charge in [0.15, 0.2) is 0 Å². The van der Waals surface area contributed by atoms with Gasteiger partial charge >= 0.3 is 0 Å². The van der Waals surface area contributed by atoms with Crippen molar-refractivity contribution in [2.75, 3.05) is 44.6 Å². The summed E-state index contributed by atoms with van der Waals surface area (Å²) in [6, 6.07) is 12.0. The minimum atomic E-state index is -0.271. The van der Waals surface area contributed by atoms with Crippen molar-refractivity contribution in [2.45, 2.75) is 50.5 Å². The van der Waals surface area contributed by atoms with E-state index in [9.17, 15) is 9.59 Å². The van der Waals surface area contributed by atoms with Crippen molar-refractivity contribution in [3.63, 3.8) is 0 Å². The molecule has 1 atom stereocenters. The third-order valence-corrected chi connectivity index (χ3v) is 7.03. The normalized spacial score (nSPS) is 22.1. The molecule has 0 bridgehead atoms. The number of aromatic nitrogens is 2. The van der Waals surface area contributed by atoms with E-state index in [4.69, 9.17) is 9.84 Å². The first-order valence-electron chi connectivity index (χ1n) is 12.3. The van der Waals surface area contributed by atoms with Crippen molar-refractivity contribution in [3.8, 4) is 5.69 Å². The van der Waals surface area contributed by atoms with Gasteiger partial charge in [0.1, 0.15) is 11.9 Å². The summed E-state index contributed by atoms with van der Waals surface area (Å²) in [6.45, 7) is 3.65. The van der Waals surface area contributed by atoms with Crippen LogP contribution in [0.25, 0.3) is 5.69 Å². The van der Waals surface area contributed by atoms with Crippen LogP contribution in [0.2, 0.25) is 0 Å². The standard InChI is InChI=1S/C25H33N5O3/c31-24(18-28-12-14-29(15-13-28)25(32)22-11-6-16-33-22)26-23-17-21(19-7-4-5-8-19)27-30(23)20-9-2-1-3-10-20/h1-3,9-10,17,19,22H,4-8,11-16,18H2,(H,26,31). The van der Waals surface area contributed by atoms with Crippen molar-refractivity contribution in [3.05, 3.63) is 42.1 Å². The number of ether oxygens (including phenoxy) is 1. The Balaban J connectivity index is 1.20. The topological polar surface area (TPSA) is 79.7 Å². The number of nitrogens with one attached hydrogen (secondary N) is 1. The molecule has 2 aromatic rings. The monoisotopic (exact) mass is 451 g/mol. The number of nitrogens with zero attached hydrogens (tertiary/aromatic N) is 4. The molecule has 8 nitrogen and oxygen atoms in total. The van der Waals surface area contributed by atoms with Gasteiger partial charge in [-0.25, -0.2) is 4.68 Å². The zero-order valence-electron chi connectivity index (χ0n) is 19.1. The van der Waals surface area contributed by atoms with Gasteiger partial charge in [0.2, 0.25) is 5.91 Å². The van der Waals surface area contributed by atoms with Crippen LogP contribution in [0.3, 0.4) is 0 Å². The van der Waals surface area contributed by atoms with Gasteiger partial charge in [-0.1, -0.05) is 31.0 Å². The molecule has 0 spiro atoms. The number of benzene rings is 1. The van der Waals surface area contributed by atoms with Crippen LogP contribution < -0.4 is 5.32 Å². The fourth-order valence-electron chi connectivity index (χ4n) is 5.16. The van der Waals surface area contributed by atoms with Gasteiger partial charge in [-0.15, -0.1) is 0 Å². The van der Waals surface area contributed by atoms with Gasteiger partial charge in [-0.3, -0.25) is 14.5 Å². The summed E-state index contributed by atoms with van der Waals surface area (Å²) in [4.78, 5) is 29.5. The zero-order valence-corrected chi connectivity index (χ0v) is 19.1. The summed E-state index contributed by atoms with van der Waals surface area (Å²) in [7, 11) is 0. The minimum Gasteiger partial charge on any atom is -0.368 e. The quantitative estimate of drug-likeness (QED) is 0.731. The van der Waals surface area contributed by atoms with Crippen molar-refractivity contribution in [2.24, 2.45) is 0 Å². The van der Waals surface area contributed by atoms with Gasteiger partial charge in [0, 0.05) is 44.8 Å². The first kappa shape index (κ1) is 22.1. The molecule has 0 radical (unpaired) electrons. The van der Waals surface area contributed by atoms with Crippen LogP contribution in [0.5, 0.6) is 0 Å². The lowest BCUT2D eigenvalue weighted by atomic mass is 10.0. The first-order chi connectivity index (χ1) is 16.2. The number of rotatable bonds is 6. The van der Waals surface area contributed by atoms with E-state index < -0.39 is 0 Å². The van der Waals surface area contributed by atoms with Gasteiger partial charge in [0.05, 0.1) is 17.9 Å². The Morgan fingerprint density at radius 2 is 1.76 bits per heavy atom. The lowest BCUT2D eigenvalue weighted by Gasteiger charge is -2.35. The van der Waals surface area contributed by atoms with E-state index in [1.54, 1.807) is 0 Å². The summed E-state index contributed by atoms with van der Waals surface area (Å²) in [6.07, 6.45) is 6.31. The Morgan fingerprint density at radius 1 is 1.00 bits per heavy atom. The summed E-state index contributed by atoms with van der Waals surface area (Å²) in [5.41, 5.74) is 2.01. The number of amides is 2. The van der Waals surface area contributed by atoms with Crippen molar-refractivity contribution >= 4 is 17.6 Å². The van der Waals surface area contributed by atoms with E-state index in [0.717, 1.165) is 42.9 Å². The summed E-state index contributed by atoms with van der Waals surface area (Å²) < 4.78 is 7.39. The van der Waals surface area contributed by atoms with Gasteiger partial charge in [0.25, 0.3) is 5.91 Å². The third-order valence-electron chi connectivity index (χ3n) is 7.03. The van der Waals surface area contributed by atoms with Crippen LogP contribution >= 0.6 is 0 Å². The molecule has 1 unspecified atom stereocenters. The maximum atomic E-state index is 12.9. The Morgan fingerprint density at radius 3 is 2.45 bits per heavy atom. The number of para-hydroxylation sites is 1. The second-order valence-corrected chi connectivity index (χ2v) is 9.33. The van der Waals surface area contributed by atoms with E-state index in [0.29, 0.717) is 45.2 Å². The predicted molar refractivity (Wildman–Crippen MR) is 125 cm³/mol. The van der Waals surface area contributed by atoms with Crippen LogP contribution in [0.4, 0.5) is 5.82 Å². The van der Waals surface area contributed by atoms with E-state index >= 15 is 0 Å². The molecule has 176 valence electrons. The number of carbonyl (C=O) groups excluding carboxylic acids is 2. The highest BCUT2D eigenvalue weighted by Gasteiger charge is 2.31. The Bertz CT molecular complexity index is 956. The van der Waals surface area contributed by atoms with E-state index in [2.05, 4.69) is 10.2 Å². The molecule has 1 saturated carbocycles. The highest BCUT2D eigenvalue weighted by molar-refractivity contribution is 5.92. The summed E-state index contributed by atoms with van der Waals surface area (Å²) in [5.74, 6) is 1.24. The Hall–Kier alpha value is -2.71. The van der Waals surface area contributed by atoms with Crippen LogP contribution in [0, 0.1) is 0 Å². The van der Waals surface area contributed by atoms with Crippen LogP contribution in [-0.2, 0) is 14.3 Å². The van der Waals surface area contributed by atoms with Crippen LogP contribution in [-0.4, -0.2) is 76.8 Å². The molecule has 3 heterocycles. The molecule has 1 N–H and O–H groups in total. The minimum absolute atomic E-state index is 0.0519. The molecule has 33 heavy (non-hydrogen) atoms. The highest BCUT2D eigenvalue weighted by Crippen LogP contribution is 2.35. The van der Waals surface area contributed by atoms with Crippen molar-refractivity contribution in [1.82, 2.24) is 19.6 Å². The number of anilines is 1. The molecule has 1 aliphatic carbocycles. The van der Waals surface area contributed by atoms with E-state index in [1.807, 2.05) is 46.0 Å². The largest absolute Gasteiger partial charge is 0.368 e. The predicted octanol–water partition coefficient (Wildman–Crippen LogP) is 2.79. The van der Waals surface area contributed by atoms with Crippen LogP contribution in [0.1, 0.15) is 50.1 Å². The van der Waals surface area contributed by atoms with E-state index in [-0.39, 0.29) is 17.9 Å².